The van der Waals surface area contributed by atoms with E-state index in [1.807, 2.05) is 0 Å². The average molecular weight is 273 g/mol. The Morgan fingerprint density at radius 1 is 1.17 bits per heavy atom. The van der Waals surface area contributed by atoms with Crippen molar-refractivity contribution in [3.05, 3.63) is 29.6 Å². The highest BCUT2D eigenvalue weighted by Gasteiger charge is 2.61. The summed E-state index contributed by atoms with van der Waals surface area (Å²) in [4.78, 5) is 0. The minimum Gasteiger partial charge on any atom is -0.494 e. The normalized spacial score (nSPS) is 14.4. The zero-order valence-corrected chi connectivity index (χ0v) is 9.06. The van der Waals surface area contributed by atoms with E-state index in [0.717, 1.165) is 13.2 Å². The van der Waals surface area contributed by atoms with Crippen LogP contribution in [0.15, 0.2) is 18.2 Å². The first-order chi connectivity index (χ1) is 8.11. The Labute approximate surface area is 98.3 Å². The quantitative estimate of drug-likeness (QED) is 0.859. The van der Waals surface area contributed by atoms with Gasteiger partial charge < -0.3 is 10.5 Å². The molecule has 0 amide bonds. The molecule has 1 atom stereocenters. The highest BCUT2D eigenvalue weighted by molar-refractivity contribution is 5.33. The molecule has 0 bridgehead atoms. The molecule has 2 nitrogen and oxygen atoms in total. The van der Waals surface area contributed by atoms with Gasteiger partial charge in [0.15, 0.2) is 11.6 Å². The molecule has 0 heterocycles. The lowest BCUT2D eigenvalue weighted by atomic mass is 10.0. The number of halogens is 6. The van der Waals surface area contributed by atoms with E-state index >= 15 is 0 Å². The second-order valence-electron chi connectivity index (χ2n) is 3.49. The molecule has 0 aromatic heterocycles. The smallest absolute Gasteiger partial charge is 0.455 e. The summed E-state index contributed by atoms with van der Waals surface area (Å²) in [5, 5.41) is 0. The van der Waals surface area contributed by atoms with Crippen molar-refractivity contribution < 1.29 is 31.1 Å². The number of hydrogen-bond acceptors (Lipinski definition) is 2. The van der Waals surface area contributed by atoms with Crippen LogP contribution in [-0.4, -0.2) is 19.2 Å². The van der Waals surface area contributed by atoms with Crippen LogP contribution in [0.2, 0.25) is 0 Å². The molecule has 0 radical (unpaired) electrons. The maximum absolute atomic E-state index is 13.0. The molecule has 1 aromatic rings. The van der Waals surface area contributed by atoms with Crippen molar-refractivity contribution in [1.82, 2.24) is 0 Å². The van der Waals surface area contributed by atoms with Crippen LogP contribution in [0, 0.1) is 5.82 Å². The molecule has 0 aliphatic heterocycles. The summed E-state index contributed by atoms with van der Waals surface area (Å²) in [7, 11) is 1.05. The lowest BCUT2D eigenvalue weighted by Gasteiger charge is -2.26. The molecule has 0 aliphatic carbocycles. The van der Waals surface area contributed by atoms with Gasteiger partial charge in [-0.05, 0) is 17.7 Å². The zero-order valence-electron chi connectivity index (χ0n) is 9.06. The van der Waals surface area contributed by atoms with Gasteiger partial charge in [-0.2, -0.15) is 22.0 Å². The number of benzene rings is 1. The summed E-state index contributed by atoms with van der Waals surface area (Å²) in [5.74, 6) is -6.46. The molecule has 0 saturated carbocycles. The molecule has 0 aliphatic rings. The van der Waals surface area contributed by atoms with Crippen LogP contribution in [-0.2, 0) is 0 Å². The van der Waals surface area contributed by atoms with Gasteiger partial charge in [0.2, 0.25) is 0 Å². The number of nitrogens with two attached hydrogens (primary N) is 1. The summed E-state index contributed by atoms with van der Waals surface area (Å²) in [5.41, 5.74) is 4.31. The molecule has 1 rings (SSSR count). The lowest BCUT2D eigenvalue weighted by Crippen LogP contribution is -2.45. The van der Waals surface area contributed by atoms with E-state index in [1.165, 1.54) is 0 Å². The summed E-state index contributed by atoms with van der Waals surface area (Å²) in [6, 6.07) is -0.463. The van der Waals surface area contributed by atoms with Gasteiger partial charge in [-0.1, -0.05) is 6.07 Å². The Kier molecular flexibility index (Phi) is 3.80. The standard InChI is InChI=1S/C10H9F6NO/c1-18-7-4-5(2-3-6(7)11)8(17)9(12,13)10(14,15)16/h2-4,8H,17H2,1H3/t8-/m1/s1. The molecule has 102 valence electrons. The molecule has 0 fully saturated rings. The average Bonchev–Trinajstić information content (AvgIpc) is 2.27. The monoisotopic (exact) mass is 273 g/mol. The van der Waals surface area contributed by atoms with Gasteiger partial charge in [-0.15, -0.1) is 0 Å². The molecular weight excluding hydrogens is 264 g/mol. The first-order valence-electron chi connectivity index (χ1n) is 4.64. The maximum atomic E-state index is 13.0. The molecule has 0 spiro atoms. The zero-order chi connectivity index (χ0) is 14.1. The van der Waals surface area contributed by atoms with Crippen molar-refractivity contribution in [2.24, 2.45) is 5.73 Å². The largest absolute Gasteiger partial charge is 0.494 e. The van der Waals surface area contributed by atoms with Crippen LogP contribution in [0.4, 0.5) is 26.3 Å². The van der Waals surface area contributed by atoms with Crippen molar-refractivity contribution in [3.8, 4) is 5.75 Å². The van der Waals surface area contributed by atoms with Crippen molar-refractivity contribution in [2.75, 3.05) is 7.11 Å². The van der Waals surface area contributed by atoms with E-state index in [0.29, 0.717) is 12.1 Å². The Hall–Kier alpha value is -1.44. The third-order valence-corrected chi connectivity index (χ3v) is 2.30. The van der Waals surface area contributed by atoms with Crippen molar-refractivity contribution >= 4 is 0 Å². The van der Waals surface area contributed by atoms with Gasteiger partial charge in [0, 0.05) is 0 Å². The number of rotatable bonds is 3. The van der Waals surface area contributed by atoms with Crippen molar-refractivity contribution in [2.45, 2.75) is 18.1 Å². The lowest BCUT2D eigenvalue weighted by molar-refractivity contribution is -0.291. The number of alkyl halides is 5. The molecule has 2 N–H and O–H groups in total. The Balaban J connectivity index is 3.15. The number of methoxy groups -OCH3 is 1. The molecule has 18 heavy (non-hydrogen) atoms. The van der Waals surface area contributed by atoms with Crippen LogP contribution in [0.25, 0.3) is 0 Å². The minimum absolute atomic E-state index is 0.457. The van der Waals surface area contributed by atoms with Crippen LogP contribution in [0.5, 0.6) is 5.75 Å². The van der Waals surface area contributed by atoms with Gasteiger partial charge in [-0.25, -0.2) is 4.39 Å². The van der Waals surface area contributed by atoms with E-state index in [-0.39, 0.29) is 0 Å². The molecule has 1 aromatic carbocycles. The Bertz CT molecular complexity index is 431. The first kappa shape index (κ1) is 14.6. The second-order valence-corrected chi connectivity index (χ2v) is 3.49. The predicted octanol–water partition coefficient (Wildman–Crippen LogP) is 3.03. The van der Waals surface area contributed by atoms with Gasteiger partial charge in [0.1, 0.15) is 6.04 Å². The van der Waals surface area contributed by atoms with Gasteiger partial charge >= 0.3 is 12.1 Å². The van der Waals surface area contributed by atoms with Crippen LogP contribution in [0.3, 0.4) is 0 Å². The van der Waals surface area contributed by atoms with Gasteiger partial charge in [0.05, 0.1) is 7.11 Å². The summed E-state index contributed by atoms with van der Waals surface area (Å²) >= 11 is 0. The van der Waals surface area contributed by atoms with Gasteiger partial charge in [-0.3, -0.25) is 0 Å². The van der Waals surface area contributed by atoms with E-state index in [2.05, 4.69) is 4.74 Å². The topological polar surface area (TPSA) is 35.2 Å². The van der Waals surface area contributed by atoms with E-state index < -0.39 is 35.3 Å². The summed E-state index contributed by atoms with van der Waals surface area (Å²) in [6.07, 6.45) is -5.78. The molecule has 0 saturated heterocycles. The van der Waals surface area contributed by atoms with E-state index in [9.17, 15) is 26.3 Å². The van der Waals surface area contributed by atoms with E-state index in [1.54, 1.807) is 0 Å². The van der Waals surface area contributed by atoms with E-state index in [4.69, 9.17) is 5.73 Å². The number of hydrogen-bond donors (Lipinski definition) is 1. The molecular formula is C10H9F6NO. The third kappa shape index (κ3) is 2.53. The fraction of sp³-hybridized carbons (Fsp3) is 0.400. The highest BCUT2D eigenvalue weighted by Crippen LogP contribution is 2.43. The fourth-order valence-electron chi connectivity index (χ4n) is 1.26. The van der Waals surface area contributed by atoms with Crippen molar-refractivity contribution in [3.63, 3.8) is 0 Å². The fourth-order valence-corrected chi connectivity index (χ4v) is 1.26. The minimum atomic E-state index is -5.78. The van der Waals surface area contributed by atoms with Crippen LogP contribution in [0.1, 0.15) is 11.6 Å². The number of ether oxygens (including phenoxy) is 1. The SMILES string of the molecule is COc1cc([C@@H](N)C(F)(F)C(F)(F)F)ccc1F. The Morgan fingerprint density at radius 3 is 2.17 bits per heavy atom. The first-order valence-corrected chi connectivity index (χ1v) is 4.64. The maximum Gasteiger partial charge on any atom is 0.455 e. The molecule has 8 heteroatoms. The van der Waals surface area contributed by atoms with Crippen LogP contribution >= 0.6 is 0 Å². The predicted molar refractivity (Wildman–Crippen MR) is 50.9 cm³/mol. The second kappa shape index (κ2) is 4.68. The van der Waals surface area contributed by atoms with Crippen LogP contribution < -0.4 is 10.5 Å². The van der Waals surface area contributed by atoms with Gasteiger partial charge in [0.25, 0.3) is 0 Å². The molecule has 0 unspecified atom stereocenters. The van der Waals surface area contributed by atoms with Crippen molar-refractivity contribution in [1.29, 1.82) is 0 Å². The third-order valence-electron chi connectivity index (χ3n) is 2.30. The Morgan fingerprint density at radius 2 is 1.72 bits per heavy atom. The highest BCUT2D eigenvalue weighted by atomic mass is 19.4. The summed E-state index contributed by atoms with van der Waals surface area (Å²) < 4.78 is 79.7. The summed E-state index contributed by atoms with van der Waals surface area (Å²) in [6.45, 7) is 0.